The van der Waals surface area contributed by atoms with Crippen molar-refractivity contribution in [3.63, 3.8) is 0 Å². The number of rotatable bonds is 4. The number of carbonyl (C=O) groups is 1. The molecule has 0 spiro atoms. The smallest absolute Gasteiger partial charge is 0.222 e. The number of carbonyl (C=O) groups excluding carboxylic acids is 1. The van der Waals surface area contributed by atoms with Crippen LogP contribution < -0.4 is 0 Å². The van der Waals surface area contributed by atoms with E-state index in [2.05, 4.69) is 32.0 Å². The number of hydrogen-bond acceptors (Lipinski definition) is 3. The van der Waals surface area contributed by atoms with Gasteiger partial charge in [0.25, 0.3) is 0 Å². The van der Waals surface area contributed by atoms with Gasteiger partial charge in [0.15, 0.2) is 9.84 Å². The van der Waals surface area contributed by atoms with Crippen molar-refractivity contribution in [2.75, 3.05) is 18.6 Å². The van der Waals surface area contributed by atoms with Gasteiger partial charge in [0.2, 0.25) is 5.91 Å². The van der Waals surface area contributed by atoms with E-state index >= 15 is 0 Å². The molecule has 0 bridgehead atoms. The summed E-state index contributed by atoms with van der Waals surface area (Å²) in [5.41, 5.74) is 3.60. The van der Waals surface area contributed by atoms with Crippen molar-refractivity contribution in [2.24, 2.45) is 0 Å². The summed E-state index contributed by atoms with van der Waals surface area (Å²) in [6.45, 7) is 4.11. The number of benzene rings is 1. The molecule has 0 N–H and O–H groups in total. The van der Waals surface area contributed by atoms with Gasteiger partial charge < -0.3 is 4.90 Å². The second-order valence-corrected chi connectivity index (χ2v) is 8.22. The van der Waals surface area contributed by atoms with Crippen molar-refractivity contribution in [2.45, 2.75) is 39.2 Å². The van der Waals surface area contributed by atoms with Gasteiger partial charge in [0.1, 0.15) is 0 Å². The fourth-order valence-electron chi connectivity index (χ4n) is 2.83. The van der Waals surface area contributed by atoms with E-state index < -0.39 is 9.84 Å². The summed E-state index contributed by atoms with van der Waals surface area (Å²) in [4.78, 5) is 13.8. The Morgan fingerprint density at radius 3 is 2.62 bits per heavy atom. The minimum Gasteiger partial charge on any atom is -0.342 e. The minimum absolute atomic E-state index is 0.0251. The van der Waals surface area contributed by atoms with Gasteiger partial charge in [-0.05, 0) is 37.8 Å². The van der Waals surface area contributed by atoms with Crippen molar-refractivity contribution in [1.29, 1.82) is 0 Å². The molecule has 1 amide bonds. The SMILES string of the molecule is Cc1ccc(CCC(=O)N(C)C2CCS(=O)(=O)C2)c(C)c1. The van der Waals surface area contributed by atoms with E-state index in [0.29, 0.717) is 19.3 Å². The van der Waals surface area contributed by atoms with Crippen LogP contribution in [0.5, 0.6) is 0 Å². The van der Waals surface area contributed by atoms with Crippen LogP contribution >= 0.6 is 0 Å². The molecule has 1 saturated heterocycles. The highest BCUT2D eigenvalue weighted by atomic mass is 32.2. The van der Waals surface area contributed by atoms with Gasteiger partial charge in [-0.15, -0.1) is 0 Å². The summed E-state index contributed by atoms with van der Waals surface area (Å²) in [6.07, 6.45) is 1.69. The Bertz CT molecular complexity index is 637. The lowest BCUT2D eigenvalue weighted by Crippen LogP contribution is -2.37. The zero-order valence-corrected chi connectivity index (χ0v) is 13.7. The zero-order valence-electron chi connectivity index (χ0n) is 12.9. The van der Waals surface area contributed by atoms with E-state index in [1.807, 2.05) is 0 Å². The number of sulfone groups is 1. The summed E-state index contributed by atoms with van der Waals surface area (Å²) < 4.78 is 23.0. The Morgan fingerprint density at radius 1 is 1.33 bits per heavy atom. The van der Waals surface area contributed by atoms with E-state index in [-0.39, 0.29) is 23.5 Å². The van der Waals surface area contributed by atoms with E-state index in [1.54, 1.807) is 11.9 Å². The first kappa shape index (κ1) is 16.0. The summed E-state index contributed by atoms with van der Waals surface area (Å²) in [5.74, 6) is 0.336. The lowest BCUT2D eigenvalue weighted by atomic mass is 10.0. The van der Waals surface area contributed by atoms with Gasteiger partial charge >= 0.3 is 0 Å². The fraction of sp³-hybridized carbons (Fsp3) is 0.562. The maximum atomic E-state index is 12.2. The van der Waals surface area contributed by atoms with Crippen molar-refractivity contribution in [3.8, 4) is 0 Å². The molecule has 1 aliphatic rings. The second-order valence-electron chi connectivity index (χ2n) is 5.99. The van der Waals surface area contributed by atoms with Crippen LogP contribution in [0.3, 0.4) is 0 Å². The quantitative estimate of drug-likeness (QED) is 0.853. The molecule has 2 rings (SSSR count). The van der Waals surface area contributed by atoms with Crippen LogP contribution in [0, 0.1) is 13.8 Å². The van der Waals surface area contributed by atoms with Crippen molar-refractivity contribution in [3.05, 3.63) is 34.9 Å². The van der Waals surface area contributed by atoms with E-state index in [9.17, 15) is 13.2 Å². The number of nitrogens with zero attached hydrogens (tertiary/aromatic N) is 1. The van der Waals surface area contributed by atoms with Crippen molar-refractivity contribution in [1.82, 2.24) is 4.90 Å². The average Bonchev–Trinajstić information content (AvgIpc) is 2.77. The summed E-state index contributed by atoms with van der Waals surface area (Å²) in [6, 6.07) is 6.09. The normalized spacial score (nSPS) is 20.4. The maximum Gasteiger partial charge on any atom is 0.222 e. The van der Waals surface area contributed by atoms with Crippen LogP contribution in [0.15, 0.2) is 18.2 Å². The second kappa shape index (κ2) is 6.18. The molecule has 0 saturated carbocycles. The van der Waals surface area contributed by atoms with Gasteiger partial charge in [-0.25, -0.2) is 8.42 Å². The highest BCUT2D eigenvalue weighted by Crippen LogP contribution is 2.18. The molecular weight excluding hydrogens is 286 g/mol. The predicted octanol–water partition coefficient (Wildman–Crippen LogP) is 1.88. The molecule has 0 aliphatic carbocycles. The van der Waals surface area contributed by atoms with E-state index in [0.717, 1.165) is 0 Å². The Labute approximate surface area is 127 Å². The molecule has 1 fully saturated rings. The lowest BCUT2D eigenvalue weighted by molar-refractivity contribution is -0.131. The van der Waals surface area contributed by atoms with Gasteiger partial charge in [-0.1, -0.05) is 23.8 Å². The van der Waals surface area contributed by atoms with Crippen LogP contribution in [0.2, 0.25) is 0 Å². The molecule has 1 aromatic rings. The molecule has 0 radical (unpaired) electrons. The van der Waals surface area contributed by atoms with Crippen LogP contribution in [-0.2, 0) is 21.1 Å². The first-order chi connectivity index (χ1) is 9.78. The Morgan fingerprint density at radius 2 is 2.05 bits per heavy atom. The third-order valence-corrected chi connectivity index (χ3v) is 6.01. The molecule has 21 heavy (non-hydrogen) atoms. The molecule has 5 heteroatoms. The Kier molecular flexibility index (Phi) is 4.71. The highest BCUT2D eigenvalue weighted by molar-refractivity contribution is 7.91. The summed E-state index contributed by atoms with van der Waals surface area (Å²) in [7, 11) is -1.23. The standard InChI is InChI=1S/C16H23NO3S/c1-12-4-5-14(13(2)10-12)6-7-16(18)17(3)15-8-9-21(19,20)11-15/h4-5,10,15H,6-9,11H2,1-3H3. The molecule has 1 heterocycles. The zero-order chi connectivity index (χ0) is 15.6. The number of amides is 1. The van der Waals surface area contributed by atoms with Gasteiger partial charge in [0.05, 0.1) is 11.5 Å². The monoisotopic (exact) mass is 309 g/mol. The molecular formula is C16H23NO3S. The third kappa shape index (κ3) is 4.06. The van der Waals surface area contributed by atoms with Crippen LogP contribution in [-0.4, -0.2) is 43.8 Å². The molecule has 0 aromatic heterocycles. The van der Waals surface area contributed by atoms with Gasteiger partial charge in [-0.3, -0.25) is 4.79 Å². The van der Waals surface area contributed by atoms with Gasteiger partial charge in [-0.2, -0.15) is 0 Å². The molecule has 116 valence electrons. The largest absolute Gasteiger partial charge is 0.342 e. The summed E-state index contributed by atoms with van der Waals surface area (Å²) in [5, 5.41) is 0. The fourth-order valence-corrected chi connectivity index (χ4v) is 4.60. The van der Waals surface area contributed by atoms with E-state index in [1.165, 1.54) is 16.7 Å². The van der Waals surface area contributed by atoms with E-state index in [4.69, 9.17) is 0 Å². The first-order valence-corrected chi connectivity index (χ1v) is 9.13. The topological polar surface area (TPSA) is 54.5 Å². The number of aryl methyl sites for hydroxylation is 3. The minimum atomic E-state index is -2.95. The molecule has 4 nitrogen and oxygen atoms in total. The maximum absolute atomic E-state index is 12.2. The Balaban J connectivity index is 1.92. The van der Waals surface area contributed by atoms with Crippen LogP contribution in [0.1, 0.15) is 29.5 Å². The van der Waals surface area contributed by atoms with Crippen LogP contribution in [0.25, 0.3) is 0 Å². The highest BCUT2D eigenvalue weighted by Gasteiger charge is 2.32. The predicted molar refractivity (Wildman–Crippen MR) is 84.1 cm³/mol. The molecule has 1 aromatic carbocycles. The molecule has 1 atom stereocenters. The summed E-state index contributed by atoms with van der Waals surface area (Å²) >= 11 is 0. The first-order valence-electron chi connectivity index (χ1n) is 7.31. The average molecular weight is 309 g/mol. The van der Waals surface area contributed by atoms with Gasteiger partial charge in [0, 0.05) is 19.5 Å². The van der Waals surface area contributed by atoms with Crippen molar-refractivity contribution >= 4 is 15.7 Å². The van der Waals surface area contributed by atoms with Crippen molar-refractivity contribution < 1.29 is 13.2 Å². The molecule has 1 aliphatic heterocycles. The third-order valence-electron chi connectivity index (χ3n) is 4.26. The molecule has 1 unspecified atom stereocenters. The lowest BCUT2D eigenvalue weighted by Gasteiger charge is -2.23. The van der Waals surface area contributed by atoms with Crippen LogP contribution in [0.4, 0.5) is 0 Å². The Hall–Kier alpha value is -1.36. The number of hydrogen-bond donors (Lipinski definition) is 0.